The van der Waals surface area contributed by atoms with Crippen molar-refractivity contribution in [2.24, 2.45) is 0 Å². The van der Waals surface area contributed by atoms with Gasteiger partial charge in [0, 0.05) is 48.4 Å². The Bertz CT molecular complexity index is 2110. The number of thiazole rings is 1. The van der Waals surface area contributed by atoms with Crippen LogP contribution in [0.3, 0.4) is 0 Å². The summed E-state index contributed by atoms with van der Waals surface area (Å²) in [6.07, 6.45) is 2.81. The van der Waals surface area contributed by atoms with E-state index in [1.165, 1.54) is 49.7 Å². The number of furan rings is 1. The Kier molecular flexibility index (Phi) is 7.10. The highest BCUT2D eigenvalue weighted by Crippen LogP contribution is 2.43. The topological polar surface area (TPSA) is 115 Å². The van der Waals surface area contributed by atoms with Crippen LogP contribution in [-0.2, 0) is 10.0 Å². The van der Waals surface area contributed by atoms with Gasteiger partial charge in [0.25, 0.3) is 5.91 Å². The zero-order valence-corrected chi connectivity index (χ0v) is 25.1. The summed E-state index contributed by atoms with van der Waals surface area (Å²) >= 11 is 1.42. The molecule has 1 N–H and O–H groups in total. The number of nitrogens with one attached hydrogen (secondary N) is 1. The molecule has 0 aliphatic rings. The average Bonchev–Trinajstić information content (AvgIpc) is 3.61. The number of sulfonamides is 1. The van der Waals surface area contributed by atoms with Gasteiger partial charge in [-0.3, -0.25) is 9.10 Å². The van der Waals surface area contributed by atoms with E-state index in [9.17, 15) is 17.6 Å². The van der Waals surface area contributed by atoms with Gasteiger partial charge in [-0.25, -0.2) is 22.8 Å². The smallest absolute Gasteiger partial charge is 0.255 e. The SMILES string of the molecule is CNC(=O)c1c(-c2ccc(F)cc2)oc2cc(N(C)S(C)(=O)=O)c(-c3cc(OC)cc(-c4nc5cccnc5s4)c3)cc12. The average molecular weight is 617 g/mol. The number of anilines is 1. The van der Waals surface area contributed by atoms with Crippen LogP contribution < -0.4 is 14.4 Å². The lowest BCUT2D eigenvalue weighted by atomic mass is 9.97. The fourth-order valence-corrected chi connectivity index (χ4v) is 6.25. The number of nitrogens with zero attached hydrogens (tertiary/aromatic N) is 3. The Hall–Kier alpha value is -4.81. The molecule has 0 aliphatic carbocycles. The Balaban J connectivity index is 1.64. The monoisotopic (exact) mass is 616 g/mol. The first kappa shape index (κ1) is 28.3. The lowest BCUT2D eigenvalue weighted by Crippen LogP contribution is -2.25. The van der Waals surface area contributed by atoms with E-state index in [4.69, 9.17) is 14.1 Å². The molecule has 218 valence electrons. The fraction of sp³-hybridized carbons (Fsp3) is 0.129. The van der Waals surface area contributed by atoms with Crippen LogP contribution in [0.15, 0.2) is 77.3 Å². The van der Waals surface area contributed by atoms with E-state index < -0.39 is 21.7 Å². The molecule has 0 saturated heterocycles. The van der Waals surface area contributed by atoms with E-state index >= 15 is 0 Å². The zero-order chi connectivity index (χ0) is 30.5. The second-order valence-corrected chi connectivity index (χ2v) is 12.8. The van der Waals surface area contributed by atoms with Crippen LogP contribution in [0.25, 0.3) is 54.3 Å². The van der Waals surface area contributed by atoms with Crippen molar-refractivity contribution in [3.63, 3.8) is 0 Å². The predicted molar refractivity (Wildman–Crippen MR) is 167 cm³/mol. The Labute approximate surface area is 250 Å². The summed E-state index contributed by atoms with van der Waals surface area (Å²) in [6.45, 7) is 0. The predicted octanol–water partition coefficient (Wildman–Crippen LogP) is 6.34. The third kappa shape index (κ3) is 5.19. The molecule has 0 radical (unpaired) electrons. The van der Waals surface area contributed by atoms with Gasteiger partial charge < -0.3 is 14.5 Å². The number of ether oxygens (including phenoxy) is 1. The number of methoxy groups -OCH3 is 1. The lowest BCUT2D eigenvalue weighted by molar-refractivity contribution is 0.0964. The number of halogens is 1. The molecule has 0 unspecified atom stereocenters. The van der Waals surface area contributed by atoms with Crippen LogP contribution >= 0.6 is 11.3 Å². The lowest BCUT2D eigenvalue weighted by Gasteiger charge is -2.21. The van der Waals surface area contributed by atoms with Crippen LogP contribution in [0.2, 0.25) is 0 Å². The Morgan fingerprint density at radius 3 is 2.47 bits per heavy atom. The van der Waals surface area contributed by atoms with Crippen LogP contribution in [-0.4, -0.2) is 51.8 Å². The quantitative estimate of drug-likeness (QED) is 0.223. The number of carbonyl (C=O) groups is 1. The molecule has 3 heterocycles. The maximum absolute atomic E-state index is 13.7. The van der Waals surface area contributed by atoms with Gasteiger partial charge in [-0.15, -0.1) is 0 Å². The van der Waals surface area contributed by atoms with E-state index in [2.05, 4.69) is 10.3 Å². The van der Waals surface area contributed by atoms with Crippen LogP contribution in [0, 0.1) is 5.82 Å². The highest BCUT2D eigenvalue weighted by Gasteiger charge is 2.26. The van der Waals surface area contributed by atoms with E-state index in [0.29, 0.717) is 38.5 Å². The number of rotatable bonds is 7. The van der Waals surface area contributed by atoms with E-state index in [1.807, 2.05) is 24.3 Å². The molecular formula is C31H25FN4O5S2. The first-order chi connectivity index (χ1) is 20.6. The van der Waals surface area contributed by atoms with E-state index in [1.54, 1.807) is 31.5 Å². The molecule has 0 aliphatic heterocycles. The minimum absolute atomic E-state index is 0.229. The summed E-state index contributed by atoms with van der Waals surface area (Å²) in [4.78, 5) is 23.1. The van der Waals surface area contributed by atoms with Gasteiger partial charge in [0.2, 0.25) is 10.0 Å². The van der Waals surface area contributed by atoms with Crippen molar-refractivity contribution in [3.05, 3.63) is 84.3 Å². The number of pyridine rings is 1. The summed E-state index contributed by atoms with van der Waals surface area (Å²) in [7, 11) is 0.787. The molecule has 3 aromatic heterocycles. The summed E-state index contributed by atoms with van der Waals surface area (Å²) in [5.41, 5.74) is 3.97. The third-order valence-electron chi connectivity index (χ3n) is 7.07. The molecule has 0 fully saturated rings. The van der Waals surface area contributed by atoms with Crippen molar-refractivity contribution in [3.8, 4) is 38.8 Å². The fourth-order valence-electron chi connectivity index (χ4n) is 4.85. The Morgan fingerprint density at radius 2 is 1.79 bits per heavy atom. The van der Waals surface area contributed by atoms with Gasteiger partial charge in [-0.05, 0) is 66.2 Å². The standard InChI is InChI=1S/C31H25FN4O5S2/c1-33-29(37)27-23-15-22(18-12-19(14-21(13-18)40-3)30-35-24-6-5-11-34-31(24)42-30)25(36(2)43(4,38)39)16-26(23)41-28(27)17-7-9-20(32)10-8-17/h5-16H,1-4H3,(H,33,37). The van der Waals surface area contributed by atoms with Crippen molar-refractivity contribution in [2.75, 3.05) is 31.8 Å². The number of benzene rings is 3. The van der Waals surface area contributed by atoms with E-state index in [-0.39, 0.29) is 16.9 Å². The Morgan fingerprint density at radius 1 is 1.05 bits per heavy atom. The van der Waals surface area contributed by atoms with E-state index in [0.717, 1.165) is 26.5 Å². The minimum Gasteiger partial charge on any atom is -0.497 e. The molecule has 0 spiro atoms. The first-order valence-corrected chi connectivity index (χ1v) is 15.7. The van der Waals surface area contributed by atoms with Crippen molar-refractivity contribution in [2.45, 2.75) is 0 Å². The molecule has 0 saturated carbocycles. The number of aromatic nitrogens is 2. The third-order valence-corrected chi connectivity index (χ3v) is 9.29. The second kappa shape index (κ2) is 10.8. The molecule has 43 heavy (non-hydrogen) atoms. The second-order valence-electron chi connectivity index (χ2n) is 9.79. The first-order valence-electron chi connectivity index (χ1n) is 13.0. The van der Waals surface area contributed by atoms with Crippen LogP contribution in [0.5, 0.6) is 5.75 Å². The van der Waals surface area contributed by atoms with Gasteiger partial charge in [0.05, 0.1) is 24.6 Å². The van der Waals surface area contributed by atoms with Crippen molar-refractivity contribution >= 4 is 54.3 Å². The summed E-state index contributed by atoms with van der Waals surface area (Å²) < 4.78 is 52.3. The number of fused-ring (bicyclic) bond motifs is 2. The summed E-state index contributed by atoms with van der Waals surface area (Å²) in [6, 6.07) is 18.1. The van der Waals surface area contributed by atoms with Crippen molar-refractivity contribution in [1.29, 1.82) is 0 Å². The molecule has 6 rings (SSSR count). The number of hydrogen-bond acceptors (Lipinski definition) is 8. The maximum atomic E-state index is 13.7. The van der Waals surface area contributed by atoms with Crippen LogP contribution in [0.1, 0.15) is 10.4 Å². The van der Waals surface area contributed by atoms with Gasteiger partial charge in [0.15, 0.2) is 0 Å². The largest absolute Gasteiger partial charge is 0.497 e. The highest BCUT2D eigenvalue weighted by atomic mass is 32.2. The zero-order valence-electron chi connectivity index (χ0n) is 23.5. The molecule has 9 nitrogen and oxygen atoms in total. The van der Waals surface area contributed by atoms with Gasteiger partial charge in [-0.2, -0.15) is 0 Å². The molecule has 3 aromatic carbocycles. The van der Waals surface area contributed by atoms with Crippen molar-refractivity contribution in [1.82, 2.24) is 15.3 Å². The molecule has 1 amide bonds. The maximum Gasteiger partial charge on any atom is 0.255 e. The van der Waals surface area contributed by atoms with Crippen LogP contribution in [0.4, 0.5) is 10.1 Å². The molecular weight excluding hydrogens is 591 g/mol. The normalized spacial score (nSPS) is 11.7. The summed E-state index contributed by atoms with van der Waals surface area (Å²) in [5, 5.41) is 3.81. The van der Waals surface area contributed by atoms with Gasteiger partial charge >= 0.3 is 0 Å². The molecule has 12 heteroatoms. The highest BCUT2D eigenvalue weighted by molar-refractivity contribution is 7.92. The van der Waals surface area contributed by atoms with Crippen molar-refractivity contribution < 1.29 is 26.8 Å². The number of hydrogen-bond donors (Lipinski definition) is 1. The number of carbonyl (C=O) groups excluding carboxylic acids is 1. The van der Waals surface area contributed by atoms with Gasteiger partial charge in [0.1, 0.15) is 38.3 Å². The summed E-state index contributed by atoms with van der Waals surface area (Å²) in [5.74, 6) is -0.0914. The van der Waals surface area contributed by atoms with Gasteiger partial charge in [-0.1, -0.05) is 11.3 Å². The molecule has 0 atom stereocenters. The molecule has 6 aromatic rings. The minimum atomic E-state index is -3.71. The molecule has 0 bridgehead atoms. The number of amides is 1.